The van der Waals surface area contributed by atoms with Gasteiger partial charge in [-0.2, -0.15) is 5.26 Å². The lowest BCUT2D eigenvalue weighted by Gasteiger charge is -2.02. The fraction of sp³-hybridized carbons (Fsp3) is 0.364. The van der Waals surface area contributed by atoms with Crippen molar-refractivity contribution < 1.29 is 9.84 Å². The van der Waals surface area contributed by atoms with Gasteiger partial charge in [-0.25, -0.2) is 0 Å². The Hall–Kier alpha value is -1.37. The molecular weight excluding hydrogens is 178 g/mol. The molecule has 0 fully saturated rings. The summed E-state index contributed by atoms with van der Waals surface area (Å²) in [5.74, 6) is 0.211. The third-order valence-corrected chi connectivity index (χ3v) is 1.81. The number of ether oxygens (including phenoxy) is 1. The van der Waals surface area contributed by atoms with E-state index < -0.39 is 0 Å². The van der Waals surface area contributed by atoms with E-state index in [1.807, 2.05) is 30.4 Å². The summed E-state index contributed by atoms with van der Waals surface area (Å²) in [5, 5.41) is 17.3. The predicted molar refractivity (Wildman–Crippen MR) is 53.4 cm³/mol. The minimum Gasteiger partial charge on any atom is -0.394 e. The van der Waals surface area contributed by atoms with Crippen LogP contribution >= 0.6 is 0 Å². The normalized spacial score (nSPS) is 16.1. The average molecular weight is 191 g/mol. The van der Waals surface area contributed by atoms with Gasteiger partial charge in [-0.1, -0.05) is 30.4 Å². The molecule has 3 heteroatoms. The average Bonchev–Trinajstić information content (AvgIpc) is 2.69. The molecule has 0 aliphatic heterocycles. The van der Waals surface area contributed by atoms with Crippen LogP contribution in [0.2, 0.25) is 0 Å². The first-order valence-electron chi connectivity index (χ1n) is 4.51. The first-order chi connectivity index (χ1) is 6.86. The van der Waals surface area contributed by atoms with Crippen LogP contribution < -0.4 is 0 Å². The summed E-state index contributed by atoms with van der Waals surface area (Å²) in [6.45, 7) is 0.534. The van der Waals surface area contributed by atoms with Gasteiger partial charge < -0.3 is 9.84 Å². The SMILES string of the molecule is N#C/C(=C\C1C=CC=C1)COCCO. The Morgan fingerprint density at radius 3 is 2.79 bits per heavy atom. The topological polar surface area (TPSA) is 53.2 Å². The van der Waals surface area contributed by atoms with Gasteiger partial charge >= 0.3 is 0 Å². The number of nitriles is 1. The lowest BCUT2D eigenvalue weighted by atomic mass is 10.1. The van der Waals surface area contributed by atoms with Crippen molar-refractivity contribution in [3.05, 3.63) is 36.0 Å². The number of allylic oxidation sites excluding steroid dienone is 5. The molecule has 0 aromatic heterocycles. The van der Waals surface area contributed by atoms with E-state index in [0.717, 1.165) is 0 Å². The second-order valence-electron chi connectivity index (χ2n) is 2.93. The van der Waals surface area contributed by atoms with E-state index in [9.17, 15) is 0 Å². The van der Waals surface area contributed by atoms with Crippen LogP contribution in [-0.2, 0) is 4.74 Å². The van der Waals surface area contributed by atoms with Crippen molar-refractivity contribution in [2.45, 2.75) is 0 Å². The number of aliphatic hydroxyl groups is 1. The van der Waals surface area contributed by atoms with Crippen molar-refractivity contribution in [3.63, 3.8) is 0 Å². The molecule has 0 radical (unpaired) electrons. The maximum atomic E-state index is 8.78. The van der Waals surface area contributed by atoms with Crippen LogP contribution in [0.15, 0.2) is 36.0 Å². The fourth-order valence-electron chi connectivity index (χ4n) is 1.16. The first-order valence-corrected chi connectivity index (χ1v) is 4.51. The molecule has 1 aliphatic rings. The smallest absolute Gasteiger partial charge is 0.0968 e. The molecular formula is C11H13NO2. The Morgan fingerprint density at radius 1 is 1.50 bits per heavy atom. The summed E-state index contributed by atoms with van der Waals surface area (Å²) in [6.07, 6.45) is 9.76. The quantitative estimate of drug-likeness (QED) is 0.524. The monoisotopic (exact) mass is 191 g/mol. The van der Waals surface area contributed by atoms with E-state index in [-0.39, 0.29) is 25.7 Å². The highest BCUT2D eigenvalue weighted by molar-refractivity contribution is 5.30. The lowest BCUT2D eigenvalue weighted by Crippen LogP contribution is -2.03. The molecule has 1 rings (SSSR count). The van der Waals surface area contributed by atoms with Crippen LogP contribution in [0.3, 0.4) is 0 Å². The Kier molecular flexibility index (Phi) is 4.70. The van der Waals surface area contributed by atoms with Crippen molar-refractivity contribution in [3.8, 4) is 6.07 Å². The van der Waals surface area contributed by atoms with Crippen LogP contribution in [0.25, 0.3) is 0 Å². The standard InChI is InChI=1S/C11H13NO2/c12-8-11(9-14-6-5-13)7-10-3-1-2-4-10/h1-4,7,10,13H,5-6,9H2/b11-7+. The van der Waals surface area contributed by atoms with Crippen molar-refractivity contribution in [2.24, 2.45) is 5.92 Å². The molecule has 0 atom stereocenters. The maximum absolute atomic E-state index is 8.78. The van der Waals surface area contributed by atoms with Gasteiger partial charge in [0, 0.05) is 5.92 Å². The van der Waals surface area contributed by atoms with Crippen LogP contribution in [-0.4, -0.2) is 24.9 Å². The maximum Gasteiger partial charge on any atom is 0.0968 e. The molecule has 0 bridgehead atoms. The molecule has 0 heterocycles. The molecule has 1 N–H and O–H groups in total. The highest BCUT2D eigenvalue weighted by Gasteiger charge is 2.02. The molecule has 3 nitrogen and oxygen atoms in total. The van der Waals surface area contributed by atoms with Gasteiger partial charge in [0.05, 0.1) is 31.5 Å². The molecule has 1 aliphatic carbocycles. The highest BCUT2D eigenvalue weighted by atomic mass is 16.5. The van der Waals surface area contributed by atoms with Crippen molar-refractivity contribution in [1.82, 2.24) is 0 Å². The van der Waals surface area contributed by atoms with E-state index in [1.54, 1.807) is 0 Å². The first kappa shape index (κ1) is 10.7. The molecule has 14 heavy (non-hydrogen) atoms. The zero-order chi connectivity index (χ0) is 10.2. The van der Waals surface area contributed by atoms with Crippen LogP contribution in [0.1, 0.15) is 0 Å². The minimum absolute atomic E-state index is 0.0120. The zero-order valence-electron chi connectivity index (χ0n) is 7.89. The largest absolute Gasteiger partial charge is 0.394 e. The Balaban J connectivity index is 2.41. The molecule has 0 saturated heterocycles. The van der Waals surface area contributed by atoms with Gasteiger partial charge in [0.1, 0.15) is 0 Å². The molecule has 0 aromatic rings. The van der Waals surface area contributed by atoms with Crippen molar-refractivity contribution >= 4 is 0 Å². The van der Waals surface area contributed by atoms with Gasteiger partial charge in [0.2, 0.25) is 0 Å². The van der Waals surface area contributed by atoms with Gasteiger partial charge in [-0.3, -0.25) is 0 Å². The van der Waals surface area contributed by atoms with Crippen LogP contribution in [0.5, 0.6) is 0 Å². The van der Waals surface area contributed by atoms with E-state index >= 15 is 0 Å². The van der Waals surface area contributed by atoms with Gasteiger partial charge in [0.15, 0.2) is 0 Å². The van der Waals surface area contributed by atoms with Gasteiger partial charge in [0.25, 0.3) is 0 Å². The van der Waals surface area contributed by atoms with E-state index in [4.69, 9.17) is 15.1 Å². The Morgan fingerprint density at radius 2 is 2.21 bits per heavy atom. The number of nitrogens with zero attached hydrogens (tertiary/aromatic N) is 1. The molecule has 0 spiro atoms. The highest BCUT2D eigenvalue weighted by Crippen LogP contribution is 2.12. The van der Waals surface area contributed by atoms with Gasteiger partial charge in [-0.05, 0) is 0 Å². The molecule has 0 unspecified atom stereocenters. The lowest BCUT2D eigenvalue weighted by molar-refractivity contribution is 0.109. The Bertz CT molecular complexity index is 285. The third kappa shape index (κ3) is 3.56. The number of aliphatic hydroxyl groups excluding tert-OH is 1. The van der Waals surface area contributed by atoms with Crippen LogP contribution in [0, 0.1) is 17.2 Å². The zero-order valence-corrected chi connectivity index (χ0v) is 7.89. The summed E-state index contributed by atoms with van der Waals surface area (Å²) < 4.78 is 5.06. The summed E-state index contributed by atoms with van der Waals surface area (Å²) in [7, 11) is 0. The number of rotatable bonds is 5. The summed E-state index contributed by atoms with van der Waals surface area (Å²) >= 11 is 0. The summed E-state index contributed by atoms with van der Waals surface area (Å²) in [5.41, 5.74) is 0.597. The molecule has 0 amide bonds. The van der Waals surface area contributed by atoms with Crippen LogP contribution in [0.4, 0.5) is 0 Å². The molecule has 74 valence electrons. The minimum atomic E-state index is -0.0120. The fourth-order valence-corrected chi connectivity index (χ4v) is 1.16. The molecule has 0 aromatic carbocycles. The second-order valence-corrected chi connectivity index (χ2v) is 2.93. The van der Waals surface area contributed by atoms with E-state index in [2.05, 4.69) is 6.07 Å². The number of hydrogen-bond acceptors (Lipinski definition) is 3. The van der Waals surface area contributed by atoms with Crippen molar-refractivity contribution in [1.29, 1.82) is 5.26 Å². The van der Waals surface area contributed by atoms with E-state index in [0.29, 0.717) is 5.57 Å². The predicted octanol–water partition coefficient (Wildman–Crippen LogP) is 1.19. The number of hydrogen-bond donors (Lipinski definition) is 1. The Labute approximate surface area is 83.6 Å². The van der Waals surface area contributed by atoms with E-state index in [1.165, 1.54) is 0 Å². The molecule has 0 saturated carbocycles. The summed E-state index contributed by atoms with van der Waals surface area (Å²) in [6, 6.07) is 2.07. The summed E-state index contributed by atoms with van der Waals surface area (Å²) in [4.78, 5) is 0. The third-order valence-electron chi connectivity index (χ3n) is 1.81. The van der Waals surface area contributed by atoms with Gasteiger partial charge in [-0.15, -0.1) is 0 Å². The van der Waals surface area contributed by atoms with Crippen molar-refractivity contribution in [2.75, 3.05) is 19.8 Å². The second kappa shape index (κ2) is 6.14.